The van der Waals surface area contributed by atoms with E-state index in [0.717, 1.165) is 31.5 Å². The number of benzene rings is 3. The number of para-hydroxylation sites is 1. The van der Waals surface area contributed by atoms with Crippen LogP contribution in [0.2, 0.25) is 0 Å². The van der Waals surface area contributed by atoms with Gasteiger partial charge in [0.25, 0.3) is 0 Å². The number of aromatic amines is 1. The third kappa shape index (κ3) is 3.48. The maximum Gasteiger partial charge on any atom is 0.349 e. The molecule has 2 heterocycles. The summed E-state index contributed by atoms with van der Waals surface area (Å²) < 4.78 is 6.36. The summed E-state index contributed by atoms with van der Waals surface area (Å²) in [4.78, 5) is 17.7. The van der Waals surface area contributed by atoms with Crippen molar-refractivity contribution in [3.05, 3.63) is 93.8 Å². The fraction of sp³-hybridized carbons (Fsp3) is 0.0417. The largest absolute Gasteiger partial charge is 0.457 e. The van der Waals surface area contributed by atoms with Crippen LogP contribution in [-0.2, 0) is 11.3 Å². The van der Waals surface area contributed by atoms with E-state index in [2.05, 4.69) is 39.1 Å². The monoisotopic (exact) mass is 461 g/mol. The van der Waals surface area contributed by atoms with E-state index in [0.29, 0.717) is 4.88 Å². The molecule has 5 heteroatoms. The second-order valence-electron chi connectivity index (χ2n) is 6.78. The molecule has 5 rings (SSSR count). The zero-order chi connectivity index (χ0) is 19.8. The number of aromatic nitrogens is 1. The minimum atomic E-state index is -0.319. The number of thiophene rings is 1. The van der Waals surface area contributed by atoms with Crippen molar-refractivity contribution >= 4 is 55.0 Å². The maximum absolute atomic E-state index is 12.6. The molecule has 0 aliphatic heterocycles. The first kappa shape index (κ1) is 18.2. The standard InChI is InChI=1S/C24H16BrNO2S/c25-19-13-22(16-6-2-1-3-7-16)29-23(19)24(27)28-14-15-10-11-18-17-8-4-5-9-20(17)26-21(18)12-15/h1-13,26H,14H2. The molecule has 2 aromatic heterocycles. The highest BCUT2D eigenvalue weighted by Crippen LogP contribution is 2.35. The molecule has 0 saturated carbocycles. The molecule has 29 heavy (non-hydrogen) atoms. The summed E-state index contributed by atoms with van der Waals surface area (Å²) in [5.41, 5.74) is 4.19. The minimum absolute atomic E-state index is 0.231. The number of esters is 1. The predicted octanol–water partition coefficient (Wildman–Crippen LogP) is 7.17. The second kappa shape index (κ2) is 7.50. The van der Waals surface area contributed by atoms with E-state index < -0.39 is 0 Å². The molecule has 0 amide bonds. The summed E-state index contributed by atoms with van der Waals surface area (Å²) in [7, 11) is 0. The highest BCUT2D eigenvalue weighted by atomic mass is 79.9. The summed E-state index contributed by atoms with van der Waals surface area (Å²) >= 11 is 4.93. The molecule has 5 aromatic rings. The van der Waals surface area contributed by atoms with Gasteiger partial charge in [-0.1, -0.05) is 60.7 Å². The SMILES string of the molecule is O=C(OCc1ccc2c(c1)[nH]c1ccccc12)c1sc(-c2ccccc2)cc1Br. The molecule has 0 spiro atoms. The summed E-state index contributed by atoms with van der Waals surface area (Å²) in [6, 6.07) is 26.3. The van der Waals surface area contributed by atoms with Gasteiger partial charge in [0.15, 0.2) is 0 Å². The lowest BCUT2D eigenvalue weighted by Gasteiger charge is -2.04. The van der Waals surface area contributed by atoms with Crippen LogP contribution in [0.1, 0.15) is 15.2 Å². The van der Waals surface area contributed by atoms with E-state index in [1.807, 2.05) is 60.7 Å². The Morgan fingerprint density at radius 1 is 0.897 bits per heavy atom. The molecule has 0 fully saturated rings. The van der Waals surface area contributed by atoms with Gasteiger partial charge >= 0.3 is 5.97 Å². The smallest absolute Gasteiger partial charge is 0.349 e. The van der Waals surface area contributed by atoms with Crippen molar-refractivity contribution in [1.82, 2.24) is 4.98 Å². The molecule has 0 atom stereocenters. The first-order valence-electron chi connectivity index (χ1n) is 9.20. The summed E-state index contributed by atoms with van der Waals surface area (Å²) in [5, 5.41) is 2.37. The molecule has 0 bridgehead atoms. The van der Waals surface area contributed by atoms with Gasteiger partial charge in [-0.05, 0) is 45.3 Å². The van der Waals surface area contributed by atoms with Gasteiger partial charge in [0.1, 0.15) is 11.5 Å². The van der Waals surface area contributed by atoms with Crippen LogP contribution in [-0.4, -0.2) is 11.0 Å². The third-order valence-corrected chi connectivity index (χ3v) is 6.92. The number of ether oxygens (including phenoxy) is 1. The molecule has 0 unspecified atom stereocenters. The fourth-order valence-corrected chi connectivity index (χ4v) is 5.19. The van der Waals surface area contributed by atoms with Crippen LogP contribution in [0.3, 0.4) is 0 Å². The maximum atomic E-state index is 12.6. The number of H-pyrrole nitrogens is 1. The molecule has 3 nitrogen and oxygen atoms in total. The summed E-state index contributed by atoms with van der Waals surface area (Å²) in [6.07, 6.45) is 0. The van der Waals surface area contributed by atoms with Crippen LogP contribution in [0.15, 0.2) is 83.3 Å². The van der Waals surface area contributed by atoms with Gasteiger partial charge in [-0.15, -0.1) is 11.3 Å². The first-order valence-corrected chi connectivity index (χ1v) is 10.8. The highest BCUT2D eigenvalue weighted by molar-refractivity contribution is 9.10. The molecule has 142 valence electrons. The lowest BCUT2D eigenvalue weighted by molar-refractivity contribution is 0.0477. The van der Waals surface area contributed by atoms with Gasteiger partial charge in [-0.3, -0.25) is 0 Å². The number of carbonyl (C=O) groups excluding carboxylic acids is 1. The van der Waals surface area contributed by atoms with Crippen LogP contribution in [0.5, 0.6) is 0 Å². The number of hydrogen-bond acceptors (Lipinski definition) is 3. The fourth-order valence-electron chi connectivity index (χ4n) is 3.46. The van der Waals surface area contributed by atoms with Gasteiger partial charge < -0.3 is 9.72 Å². The van der Waals surface area contributed by atoms with Crippen molar-refractivity contribution < 1.29 is 9.53 Å². The van der Waals surface area contributed by atoms with Crippen molar-refractivity contribution in [2.45, 2.75) is 6.61 Å². The molecule has 0 radical (unpaired) electrons. The van der Waals surface area contributed by atoms with Gasteiger partial charge in [-0.25, -0.2) is 4.79 Å². The van der Waals surface area contributed by atoms with Gasteiger partial charge in [0, 0.05) is 31.2 Å². The number of fused-ring (bicyclic) bond motifs is 3. The quantitative estimate of drug-likeness (QED) is 0.288. The molecule has 0 aliphatic carbocycles. The van der Waals surface area contributed by atoms with E-state index in [1.165, 1.54) is 22.1 Å². The Morgan fingerprint density at radius 2 is 1.66 bits per heavy atom. The van der Waals surface area contributed by atoms with Gasteiger partial charge in [0.2, 0.25) is 0 Å². The van der Waals surface area contributed by atoms with E-state index >= 15 is 0 Å². The number of carbonyl (C=O) groups is 1. The molecule has 0 aliphatic rings. The second-order valence-corrected chi connectivity index (χ2v) is 8.69. The Labute approximate surface area is 180 Å². The average molecular weight is 462 g/mol. The molecule has 0 saturated heterocycles. The van der Waals surface area contributed by atoms with Crippen LogP contribution < -0.4 is 0 Å². The number of rotatable bonds is 4. The van der Waals surface area contributed by atoms with Crippen molar-refractivity contribution in [2.75, 3.05) is 0 Å². The van der Waals surface area contributed by atoms with Crippen LogP contribution in [0.25, 0.3) is 32.2 Å². The minimum Gasteiger partial charge on any atom is -0.457 e. The Bertz CT molecular complexity index is 1340. The zero-order valence-electron chi connectivity index (χ0n) is 15.3. The first-order chi connectivity index (χ1) is 14.2. The normalized spacial score (nSPS) is 11.2. The summed E-state index contributed by atoms with van der Waals surface area (Å²) in [6.45, 7) is 0.231. The molecular formula is C24H16BrNO2S. The van der Waals surface area contributed by atoms with Crippen LogP contribution in [0, 0.1) is 0 Å². The average Bonchev–Trinajstić information content (AvgIpc) is 3.32. The van der Waals surface area contributed by atoms with Crippen LogP contribution >= 0.6 is 27.3 Å². The Kier molecular flexibility index (Phi) is 4.70. The lowest BCUT2D eigenvalue weighted by atomic mass is 10.1. The lowest BCUT2D eigenvalue weighted by Crippen LogP contribution is -2.03. The van der Waals surface area contributed by atoms with E-state index in [4.69, 9.17) is 4.74 Å². The van der Waals surface area contributed by atoms with Crippen molar-refractivity contribution in [3.63, 3.8) is 0 Å². The topological polar surface area (TPSA) is 42.1 Å². The zero-order valence-corrected chi connectivity index (χ0v) is 17.7. The Hall–Kier alpha value is -2.89. The van der Waals surface area contributed by atoms with E-state index in [-0.39, 0.29) is 12.6 Å². The van der Waals surface area contributed by atoms with E-state index in [1.54, 1.807) is 0 Å². The summed E-state index contributed by atoms with van der Waals surface area (Å²) in [5.74, 6) is -0.319. The molecular weight excluding hydrogens is 446 g/mol. The van der Waals surface area contributed by atoms with E-state index in [9.17, 15) is 4.79 Å². The van der Waals surface area contributed by atoms with Gasteiger partial charge in [-0.2, -0.15) is 0 Å². The highest BCUT2D eigenvalue weighted by Gasteiger charge is 2.17. The number of hydrogen-bond donors (Lipinski definition) is 1. The Balaban J connectivity index is 1.35. The van der Waals surface area contributed by atoms with Crippen molar-refractivity contribution in [3.8, 4) is 10.4 Å². The number of halogens is 1. The predicted molar refractivity (Wildman–Crippen MR) is 122 cm³/mol. The van der Waals surface area contributed by atoms with Gasteiger partial charge in [0.05, 0.1) is 0 Å². The Morgan fingerprint density at radius 3 is 2.52 bits per heavy atom. The molecule has 1 N–H and O–H groups in total. The van der Waals surface area contributed by atoms with Crippen LogP contribution in [0.4, 0.5) is 0 Å². The van der Waals surface area contributed by atoms with Crippen molar-refractivity contribution in [1.29, 1.82) is 0 Å². The molecule has 3 aromatic carbocycles. The third-order valence-electron chi connectivity index (χ3n) is 4.87. The number of nitrogens with one attached hydrogen (secondary N) is 1. The van der Waals surface area contributed by atoms with Crippen molar-refractivity contribution in [2.24, 2.45) is 0 Å².